The number of nitrogens with two attached hydrogens (primary N) is 3. The Kier molecular flexibility index (Phi) is 18.5. The molecule has 4 aromatic rings. The highest BCUT2D eigenvalue weighted by Gasteiger charge is 2.23. The number of para-hydroxylation sites is 2. The van der Waals surface area contributed by atoms with Crippen LogP contribution in [0.5, 0.6) is 0 Å². The molecule has 0 aliphatic heterocycles. The van der Waals surface area contributed by atoms with Crippen LogP contribution in [0.2, 0.25) is 0 Å². The molecule has 0 radical (unpaired) electrons. The van der Waals surface area contributed by atoms with Crippen molar-refractivity contribution < 1.29 is 23.6 Å². The lowest BCUT2D eigenvalue weighted by atomic mass is 9.98. The number of carbonyl (C=O) groups excluding carboxylic acids is 4. The van der Waals surface area contributed by atoms with Crippen LogP contribution in [-0.4, -0.2) is 41.2 Å². The average Bonchev–Trinajstić information content (AvgIpc) is 3.54. The molecular weight excluding hydrogens is 620 g/mol. The largest absolute Gasteiger partial charge is 0.441 e. The van der Waals surface area contributed by atoms with Crippen molar-refractivity contribution >= 4 is 34.7 Å². The predicted octanol–water partition coefficient (Wildman–Crippen LogP) is 5.07. The Labute approximate surface area is 289 Å². The number of unbranched alkanes of at least 4 members (excludes halogenated alkanes) is 2. The van der Waals surface area contributed by atoms with Gasteiger partial charge in [0.25, 0.3) is 0 Å². The molecule has 3 aromatic carbocycles. The molecule has 0 spiro atoms. The number of carbonyl (C=O) groups is 4. The molecule has 0 saturated carbocycles. The van der Waals surface area contributed by atoms with Gasteiger partial charge in [-0.1, -0.05) is 106 Å². The van der Waals surface area contributed by atoms with Gasteiger partial charge in [0.05, 0.1) is 6.04 Å². The normalized spacial score (nSPS) is 11.7. The van der Waals surface area contributed by atoms with E-state index >= 15 is 0 Å². The third-order valence-corrected chi connectivity index (χ3v) is 7.77. The Morgan fingerprint density at radius 1 is 0.755 bits per heavy atom. The summed E-state index contributed by atoms with van der Waals surface area (Å²) >= 11 is 0. The van der Waals surface area contributed by atoms with Crippen LogP contribution in [0.15, 0.2) is 89.3 Å². The van der Waals surface area contributed by atoms with Crippen LogP contribution in [0, 0.1) is 5.92 Å². The molecule has 11 heteroatoms. The van der Waals surface area contributed by atoms with Gasteiger partial charge < -0.3 is 32.3 Å². The topological polar surface area (TPSA) is 196 Å². The minimum absolute atomic E-state index is 0.00535. The van der Waals surface area contributed by atoms with E-state index < -0.39 is 11.9 Å². The van der Waals surface area contributed by atoms with Gasteiger partial charge >= 0.3 is 0 Å². The summed E-state index contributed by atoms with van der Waals surface area (Å²) in [6, 6.07) is 26.9. The molecule has 1 heterocycles. The molecule has 2 atom stereocenters. The first kappa shape index (κ1) is 40.1. The quantitative estimate of drug-likeness (QED) is 0.102. The van der Waals surface area contributed by atoms with Crippen LogP contribution >= 0.6 is 0 Å². The van der Waals surface area contributed by atoms with Gasteiger partial charge in [0.1, 0.15) is 11.6 Å². The van der Waals surface area contributed by atoms with Crippen LogP contribution in [0.3, 0.4) is 0 Å². The van der Waals surface area contributed by atoms with Gasteiger partial charge in [-0.05, 0) is 48.6 Å². The summed E-state index contributed by atoms with van der Waals surface area (Å²) in [6.45, 7) is 6.25. The monoisotopic (exact) mass is 672 g/mol. The van der Waals surface area contributed by atoms with E-state index in [2.05, 4.69) is 21.4 Å². The predicted molar refractivity (Wildman–Crippen MR) is 193 cm³/mol. The highest BCUT2D eigenvalue weighted by Crippen LogP contribution is 2.22. The summed E-state index contributed by atoms with van der Waals surface area (Å²) in [6.07, 6.45) is 5.22. The first-order chi connectivity index (χ1) is 23.6. The Morgan fingerprint density at radius 3 is 1.82 bits per heavy atom. The maximum atomic E-state index is 12.2. The Balaban J connectivity index is 0.000000299. The molecular formula is C38H52N6O5. The number of benzene rings is 3. The van der Waals surface area contributed by atoms with Gasteiger partial charge in [-0.2, -0.15) is 0 Å². The van der Waals surface area contributed by atoms with Crippen LogP contribution in [0.1, 0.15) is 88.8 Å². The lowest BCUT2D eigenvalue weighted by Gasteiger charge is -2.20. The van der Waals surface area contributed by atoms with Crippen LogP contribution in [0.4, 0.5) is 0 Å². The highest BCUT2D eigenvalue weighted by atomic mass is 16.3. The molecule has 11 nitrogen and oxygen atoms in total. The maximum Gasteiger partial charge on any atom is 0.240 e. The average molecular weight is 673 g/mol. The van der Waals surface area contributed by atoms with E-state index in [0.717, 1.165) is 42.3 Å². The molecule has 1 aromatic heterocycles. The van der Waals surface area contributed by atoms with Crippen LogP contribution < -0.4 is 27.8 Å². The fourth-order valence-electron chi connectivity index (χ4n) is 4.71. The number of rotatable bonds is 16. The van der Waals surface area contributed by atoms with Crippen molar-refractivity contribution in [2.45, 2.75) is 84.2 Å². The fourth-order valence-corrected chi connectivity index (χ4v) is 4.71. The maximum absolute atomic E-state index is 12.2. The minimum atomic E-state index is -0.638. The Bertz CT molecular complexity index is 1490. The van der Waals surface area contributed by atoms with Crippen LogP contribution in [-0.2, 0) is 25.6 Å². The van der Waals surface area contributed by atoms with E-state index in [9.17, 15) is 19.2 Å². The summed E-state index contributed by atoms with van der Waals surface area (Å²) in [5.74, 6) is -0.378. The number of fused-ring (bicyclic) bond motifs is 1. The zero-order valence-electron chi connectivity index (χ0n) is 28.9. The van der Waals surface area contributed by atoms with Gasteiger partial charge in [0.15, 0.2) is 11.5 Å². The number of oxazole rings is 1. The van der Waals surface area contributed by atoms with E-state index in [1.165, 1.54) is 0 Å². The van der Waals surface area contributed by atoms with Crippen LogP contribution in [0.25, 0.3) is 11.1 Å². The second-order valence-electron chi connectivity index (χ2n) is 11.6. The van der Waals surface area contributed by atoms with Gasteiger partial charge in [0, 0.05) is 25.7 Å². The van der Waals surface area contributed by atoms with Gasteiger partial charge in [-0.25, -0.2) is 4.98 Å². The Morgan fingerprint density at radius 2 is 1.31 bits per heavy atom. The molecule has 0 aliphatic rings. The summed E-state index contributed by atoms with van der Waals surface area (Å²) < 4.78 is 5.56. The smallest absolute Gasteiger partial charge is 0.240 e. The summed E-state index contributed by atoms with van der Waals surface area (Å²) in [5.41, 5.74) is 19.1. The molecule has 0 aliphatic carbocycles. The number of aromatic nitrogens is 1. The highest BCUT2D eigenvalue weighted by molar-refractivity contribution is 5.86. The summed E-state index contributed by atoms with van der Waals surface area (Å²) in [4.78, 5) is 49.5. The number of nitrogens with zero attached hydrogens (tertiary/aromatic N) is 1. The van der Waals surface area contributed by atoms with Gasteiger partial charge in [-0.15, -0.1) is 0 Å². The molecule has 49 heavy (non-hydrogen) atoms. The third-order valence-electron chi connectivity index (χ3n) is 7.77. The second kappa shape index (κ2) is 22.5. The molecule has 0 bridgehead atoms. The summed E-state index contributed by atoms with van der Waals surface area (Å²) in [5, 5.41) is 5.84. The van der Waals surface area contributed by atoms with Crippen molar-refractivity contribution in [3.05, 3.63) is 102 Å². The molecule has 264 valence electrons. The molecule has 0 saturated heterocycles. The molecule has 8 N–H and O–H groups in total. The SMILES string of the molecule is CCC(C)C(NC(=O)CCc1nc2ccccc2o1)C(N)=O.CCC(N)=O.NCCCCCC(=O)NC(c1ccccc1)c1ccccc1. The lowest BCUT2D eigenvalue weighted by Crippen LogP contribution is -2.48. The van der Waals surface area contributed by atoms with E-state index in [4.69, 9.17) is 15.9 Å². The Hall–Kier alpha value is -5.03. The zero-order chi connectivity index (χ0) is 36.0. The van der Waals surface area contributed by atoms with E-state index in [1.54, 1.807) is 6.92 Å². The zero-order valence-corrected chi connectivity index (χ0v) is 28.9. The number of hydrogen-bond donors (Lipinski definition) is 5. The second-order valence-corrected chi connectivity index (χ2v) is 11.6. The van der Waals surface area contributed by atoms with Gasteiger partial charge in [0.2, 0.25) is 23.6 Å². The first-order valence-electron chi connectivity index (χ1n) is 16.9. The third kappa shape index (κ3) is 15.2. The molecule has 2 unspecified atom stereocenters. The molecule has 4 amide bonds. The molecule has 0 fully saturated rings. The number of amides is 4. The first-order valence-corrected chi connectivity index (χ1v) is 16.9. The van der Waals surface area contributed by atoms with Crippen molar-refractivity contribution in [2.75, 3.05) is 6.54 Å². The minimum Gasteiger partial charge on any atom is -0.441 e. The molecule has 4 rings (SSSR count). The van der Waals surface area contributed by atoms with E-state index in [0.29, 0.717) is 37.3 Å². The number of aryl methyl sites for hydroxylation is 1. The van der Waals surface area contributed by atoms with Crippen molar-refractivity contribution in [1.29, 1.82) is 0 Å². The van der Waals surface area contributed by atoms with Crippen molar-refractivity contribution in [3.8, 4) is 0 Å². The van der Waals surface area contributed by atoms with E-state index in [-0.39, 0.29) is 36.1 Å². The van der Waals surface area contributed by atoms with Crippen molar-refractivity contribution in [2.24, 2.45) is 23.1 Å². The summed E-state index contributed by atoms with van der Waals surface area (Å²) in [7, 11) is 0. The van der Waals surface area contributed by atoms with Gasteiger partial charge in [-0.3, -0.25) is 19.2 Å². The van der Waals surface area contributed by atoms with E-state index in [1.807, 2.05) is 98.8 Å². The number of hydrogen-bond acceptors (Lipinski definition) is 7. The standard InChI is InChI=1S/C19H24N2O.C16H21N3O3.C3H7NO/c20-15-9-3-8-14-18(22)21-19(16-10-4-1-5-11-16)17-12-6-2-7-13-17;1-3-10(2)15(16(17)21)19-13(20)8-9-14-18-11-6-4-5-7-12(11)22-14;1-2-3(4)5/h1-2,4-7,10-13,19H,3,8-9,14-15,20H2,(H,21,22);4-7,10,15H,3,8-9H2,1-2H3,(H2,17,21)(H,19,20);2H2,1H3,(H2,4,5). The lowest BCUT2D eigenvalue weighted by molar-refractivity contribution is -0.128. The van der Waals surface area contributed by atoms with Crippen molar-refractivity contribution in [1.82, 2.24) is 15.6 Å². The fraction of sp³-hybridized carbons (Fsp3) is 0.395. The number of primary amides is 2. The number of nitrogens with one attached hydrogen (secondary N) is 2. The van der Waals surface area contributed by atoms with Crippen molar-refractivity contribution in [3.63, 3.8) is 0 Å².